The third-order valence-electron chi connectivity index (χ3n) is 3.46. The summed E-state index contributed by atoms with van der Waals surface area (Å²) in [7, 11) is 2.18. The largest absolute Gasteiger partial charge is 0.329 e. The van der Waals surface area contributed by atoms with E-state index in [0.717, 1.165) is 13.1 Å². The van der Waals surface area contributed by atoms with Crippen molar-refractivity contribution in [3.8, 4) is 0 Å². The standard InChI is InChI=1S/C15H26N2S/c1-13-7-4-5-8-14(13)12-17(2)15(11-16)9-6-10-18-3/h4-5,7-8,15H,6,9-12,16H2,1-3H3. The first-order valence-corrected chi connectivity index (χ1v) is 8.02. The van der Waals surface area contributed by atoms with Crippen LogP contribution >= 0.6 is 11.8 Å². The van der Waals surface area contributed by atoms with Gasteiger partial charge >= 0.3 is 0 Å². The quantitative estimate of drug-likeness (QED) is 0.734. The minimum Gasteiger partial charge on any atom is -0.329 e. The van der Waals surface area contributed by atoms with Gasteiger partial charge < -0.3 is 5.73 Å². The van der Waals surface area contributed by atoms with E-state index in [1.807, 2.05) is 11.8 Å². The monoisotopic (exact) mass is 266 g/mol. The smallest absolute Gasteiger partial charge is 0.0236 e. The molecule has 1 unspecified atom stereocenters. The topological polar surface area (TPSA) is 29.3 Å². The third kappa shape index (κ3) is 5.01. The second kappa shape index (κ2) is 8.57. The predicted molar refractivity (Wildman–Crippen MR) is 83.1 cm³/mol. The van der Waals surface area contributed by atoms with Crippen molar-refractivity contribution in [2.75, 3.05) is 25.6 Å². The third-order valence-corrected chi connectivity index (χ3v) is 4.16. The molecule has 1 aromatic rings. The lowest BCUT2D eigenvalue weighted by molar-refractivity contribution is 0.226. The van der Waals surface area contributed by atoms with Gasteiger partial charge in [-0.05, 0) is 49.9 Å². The zero-order valence-corrected chi connectivity index (χ0v) is 12.7. The van der Waals surface area contributed by atoms with Crippen LogP contribution in [-0.4, -0.2) is 36.5 Å². The summed E-state index contributed by atoms with van der Waals surface area (Å²) in [5.41, 5.74) is 8.67. The highest BCUT2D eigenvalue weighted by Gasteiger charge is 2.13. The Morgan fingerprint density at radius 3 is 2.67 bits per heavy atom. The number of hydrogen-bond donors (Lipinski definition) is 1. The van der Waals surface area contributed by atoms with E-state index in [4.69, 9.17) is 5.73 Å². The number of nitrogens with zero attached hydrogens (tertiary/aromatic N) is 1. The molecular formula is C15H26N2S. The van der Waals surface area contributed by atoms with E-state index in [9.17, 15) is 0 Å². The SMILES string of the molecule is CSCCCC(CN)N(C)Cc1ccccc1C. The molecule has 18 heavy (non-hydrogen) atoms. The molecule has 0 amide bonds. The highest BCUT2D eigenvalue weighted by atomic mass is 32.2. The Balaban J connectivity index is 2.51. The van der Waals surface area contributed by atoms with E-state index in [2.05, 4.69) is 49.4 Å². The Hall–Kier alpha value is -0.510. The van der Waals surface area contributed by atoms with Crippen LogP contribution in [-0.2, 0) is 6.54 Å². The summed E-state index contributed by atoms with van der Waals surface area (Å²) in [6, 6.07) is 9.09. The first-order chi connectivity index (χ1) is 8.69. The lowest BCUT2D eigenvalue weighted by atomic mass is 10.1. The van der Waals surface area contributed by atoms with Crippen LogP contribution in [0, 0.1) is 6.92 Å². The van der Waals surface area contributed by atoms with Gasteiger partial charge in [0.1, 0.15) is 0 Å². The van der Waals surface area contributed by atoms with Crippen molar-refractivity contribution < 1.29 is 0 Å². The molecule has 0 bridgehead atoms. The van der Waals surface area contributed by atoms with Gasteiger partial charge in [0, 0.05) is 19.1 Å². The summed E-state index contributed by atoms with van der Waals surface area (Å²) in [6.45, 7) is 3.92. The molecule has 0 fully saturated rings. The van der Waals surface area contributed by atoms with Crippen LogP contribution in [0.2, 0.25) is 0 Å². The molecule has 2 nitrogen and oxygen atoms in total. The van der Waals surface area contributed by atoms with E-state index in [1.165, 1.54) is 29.7 Å². The van der Waals surface area contributed by atoms with E-state index in [0.29, 0.717) is 6.04 Å². The lowest BCUT2D eigenvalue weighted by Crippen LogP contribution is -2.37. The number of thioether (sulfide) groups is 1. The number of aryl methyl sites for hydroxylation is 1. The van der Waals surface area contributed by atoms with Crippen molar-refractivity contribution in [2.45, 2.75) is 32.4 Å². The predicted octanol–water partition coefficient (Wildman–Crippen LogP) is 2.90. The molecule has 0 aliphatic carbocycles. The number of benzene rings is 1. The van der Waals surface area contributed by atoms with Crippen LogP contribution in [0.1, 0.15) is 24.0 Å². The van der Waals surface area contributed by atoms with Crippen LogP contribution in [0.5, 0.6) is 0 Å². The van der Waals surface area contributed by atoms with Crippen molar-refractivity contribution >= 4 is 11.8 Å². The minimum atomic E-state index is 0.497. The summed E-state index contributed by atoms with van der Waals surface area (Å²) >= 11 is 1.91. The molecule has 0 aliphatic rings. The highest BCUT2D eigenvalue weighted by Crippen LogP contribution is 2.14. The molecule has 1 rings (SSSR count). The molecule has 0 aromatic heterocycles. The molecule has 2 N–H and O–H groups in total. The number of rotatable bonds is 8. The summed E-state index contributed by atoms with van der Waals surface area (Å²) in [5.74, 6) is 1.23. The van der Waals surface area contributed by atoms with Gasteiger partial charge in [0.25, 0.3) is 0 Å². The fourth-order valence-corrected chi connectivity index (χ4v) is 2.62. The molecule has 0 aliphatic heterocycles. The zero-order chi connectivity index (χ0) is 13.4. The Kier molecular flexibility index (Phi) is 7.40. The summed E-state index contributed by atoms with van der Waals surface area (Å²) < 4.78 is 0. The van der Waals surface area contributed by atoms with E-state index < -0.39 is 0 Å². The van der Waals surface area contributed by atoms with Crippen molar-refractivity contribution in [2.24, 2.45) is 5.73 Å². The maximum absolute atomic E-state index is 5.90. The van der Waals surface area contributed by atoms with Crippen molar-refractivity contribution in [3.05, 3.63) is 35.4 Å². The maximum Gasteiger partial charge on any atom is 0.0236 e. The lowest BCUT2D eigenvalue weighted by Gasteiger charge is -2.27. The second-order valence-electron chi connectivity index (χ2n) is 4.87. The van der Waals surface area contributed by atoms with Gasteiger partial charge in [-0.15, -0.1) is 0 Å². The molecule has 0 saturated carbocycles. The molecule has 1 aromatic carbocycles. The molecular weight excluding hydrogens is 240 g/mol. The summed E-state index contributed by atoms with van der Waals surface area (Å²) in [4.78, 5) is 2.39. The molecule has 0 radical (unpaired) electrons. The first-order valence-electron chi connectivity index (χ1n) is 6.62. The van der Waals surface area contributed by atoms with Crippen molar-refractivity contribution in [1.82, 2.24) is 4.90 Å². The van der Waals surface area contributed by atoms with E-state index in [1.54, 1.807) is 0 Å². The summed E-state index contributed by atoms with van der Waals surface area (Å²) in [5, 5.41) is 0. The number of hydrogen-bond acceptors (Lipinski definition) is 3. The average molecular weight is 266 g/mol. The van der Waals surface area contributed by atoms with E-state index in [-0.39, 0.29) is 0 Å². The van der Waals surface area contributed by atoms with Gasteiger partial charge in [0.05, 0.1) is 0 Å². The van der Waals surface area contributed by atoms with Crippen LogP contribution < -0.4 is 5.73 Å². The van der Waals surface area contributed by atoms with Gasteiger partial charge in [0.15, 0.2) is 0 Å². The molecule has 102 valence electrons. The van der Waals surface area contributed by atoms with Gasteiger partial charge in [-0.3, -0.25) is 4.90 Å². The van der Waals surface area contributed by atoms with Crippen molar-refractivity contribution in [1.29, 1.82) is 0 Å². The van der Waals surface area contributed by atoms with Gasteiger partial charge in [0.2, 0.25) is 0 Å². The van der Waals surface area contributed by atoms with Crippen LogP contribution in [0.15, 0.2) is 24.3 Å². The Morgan fingerprint density at radius 2 is 2.06 bits per heavy atom. The normalized spacial score (nSPS) is 12.9. The first kappa shape index (κ1) is 15.5. The van der Waals surface area contributed by atoms with E-state index >= 15 is 0 Å². The average Bonchev–Trinajstić information content (AvgIpc) is 2.37. The van der Waals surface area contributed by atoms with Crippen LogP contribution in [0.25, 0.3) is 0 Å². The molecule has 3 heteroatoms. The fourth-order valence-electron chi connectivity index (χ4n) is 2.17. The highest BCUT2D eigenvalue weighted by molar-refractivity contribution is 7.98. The number of likely N-dealkylation sites (N-methyl/N-ethyl adjacent to an activating group) is 1. The molecule has 0 spiro atoms. The van der Waals surface area contributed by atoms with Gasteiger partial charge in [-0.2, -0.15) is 11.8 Å². The zero-order valence-electron chi connectivity index (χ0n) is 11.9. The molecule has 0 heterocycles. The Morgan fingerprint density at radius 1 is 1.33 bits per heavy atom. The minimum absolute atomic E-state index is 0.497. The Bertz CT molecular complexity index is 341. The van der Waals surface area contributed by atoms with Gasteiger partial charge in [-0.25, -0.2) is 0 Å². The second-order valence-corrected chi connectivity index (χ2v) is 5.85. The van der Waals surface area contributed by atoms with Gasteiger partial charge in [-0.1, -0.05) is 24.3 Å². The molecule has 0 saturated heterocycles. The van der Waals surface area contributed by atoms with Crippen LogP contribution in [0.3, 0.4) is 0 Å². The molecule has 1 atom stereocenters. The van der Waals surface area contributed by atoms with Crippen LogP contribution in [0.4, 0.5) is 0 Å². The fraction of sp³-hybridized carbons (Fsp3) is 0.600. The maximum atomic E-state index is 5.90. The van der Waals surface area contributed by atoms with Crippen molar-refractivity contribution in [3.63, 3.8) is 0 Å². The number of nitrogens with two attached hydrogens (primary N) is 1. The summed E-state index contributed by atoms with van der Waals surface area (Å²) in [6.07, 6.45) is 4.61. The Labute approximate surface area is 116 Å².